The van der Waals surface area contributed by atoms with Crippen molar-refractivity contribution in [3.63, 3.8) is 0 Å². The van der Waals surface area contributed by atoms with Crippen molar-refractivity contribution in [1.82, 2.24) is 5.32 Å². The van der Waals surface area contributed by atoms with Gasteiger partial charge in [-0.1, -0.05) is 52.3 Å². The van der Waals surface area contributed by atoms with Crippen LogP contribution in [0.25, 0.3) is 6.08 Å². The zero-order valence-corrected chi connectivity index (χ0v) is 18.3. The van der Waals surface area contributed by atoms with Gasteiger partial charge < -0.3 is 19.9 Å². The molecule has 1 amide bonds. The van der Waals surface area contributed by atoms with E-state index in [-0.39, 0.29) is 5.70 Å². The molecule has 0 aliphatic heterocycles. The van der Waals surface area contributed by atoms with Crippen molar-refractivity contribution in [2.75, 3.05) is 7.11 Å². The lowest BCUT2D eigenvalue weighted by Gasteiger charge is -2.12. The minimum atomic E-state index is -1.25. The number of carbonyl (C=O) groups is 2. The van der Waals surface area contributed by atoms with E-state index in [9.17, 15) is 14.7 Å². The first-order chi connectivity index (χ1) is 15.0. The summed E-state index contributed by atoms with van der Waals surface area (Å²) in [5.41, 5.74) is 1.64. The third-order valence-electron chi connectivity index (χ3n) is 4.30. The normalized spacial score (nSPS) is 11.0. The quantitative estimate of drug-likeness (QED) is 0.447. The smallest absolute Gasteiger partial charge is 0.352 e. The van der Waals surface area contributed by atoms with E-state index in [4.69, 9.17) is 9.47 Å². The van der Waals surface area contributed by atoms with Crippen LogP contribution in [0, 0.1) is 0 Å². The number of rotatable bonds is 8. The molecular formula is C24H20BrNO5. The molecule has 3 aromatic rings. The molecule has 3 rings (SSSR count). The van der Waals surface area contributed by atoms with Gasteiger partial charge in [0.25, 0.3) is 5.91 Å². The van der Waals surface area contributed by atoms with Crippen molar-refractivity contribution in [2.24, 2.45) is 0 Å². The van der Waals surface area contributed by atoms with Crippen molar-refractivity contribution in [1.29, 1.82) is 0 Å². The number of methoxy groups -OCH3 is 1. The van der Waals surface area contributed by atoms with Gasteiger partial charge in [-0.25, -0.2) is 4.79 Å². The van der Waals surface area contributed by atoms with E-state index in [2.05, 4.69) is 21.2 Å². The fraction of sp³-hybridized carbons (Fsp3) is 0.0833. The number of benzene rings is 3. The van der Waals surface area contributed by atoms with E-state index in [0.717, 1.165) is 10.0 Å². The number of nitrogens with one attached hydrogen (secondary N) is 1. The topological polar surface area (TPSA) is 84.9 Å². The summed E-state index contributed by atoms with van der Waals surface area (Å²) >= 11 is 3.43. The molecule has 0 heterocycles. The SMILES string of the molecule is COc1cc(C=C(NC(=O)c2ccccc2)C(=O)O)ccc1OCc1cccc(Br)c1. The predicted molar refractivity (Wildman–Crippen MR) is 121 cm³/mol. The maximum atomic E-state index is 12.3. The lowest BCUT2D eigenvalue weighted by atomic mass is 10.1. The monoisotopic (exact) mass is 481 g/mol. The van der Waals surface area contributed by atoms with Crippen molar-refractivity contribution in [3.8, 4) is 11.5 Å². The number of carboxylic acid groups (broad SMARTS) is 1. The molecule has 0 saturated heterocycles. The Balaban J connectivity index is 1.78. The lowest BCUT2D eigenvalue weighted by Crippen LogP contribution is -2.27. The Morgan fingerprint density at radius 3 is 2.45 bits per heavy atom. The Kier molecular flexibility index (Phi) is 7.45. The summed E-state index contributed by atoms with van der Waals surface area (Å²) in [5, 5.41) is 11.9. The highest BCUT2D eigenvalue weighted by atomic mass is 79.9. The zero-order valence-electron chi connectivity index (χ0n) is 16.7. The summed E-state index contributed by atoms with van der Waals surface area (Å²) in [5.74, 6) is -0.791. The third kappa shape index (κ3) is 6.20. The van der Waals surface area contributed by atoms with Crippen molar-refractivity contribution in [2.45, 2.75) is 6.61 Å². The van der Waals surface area contributed by atoms with Crippen LogP contribution in [0.1, 0.15) is 21.5 Å². The molecular weight excluding hydrogens is 462 g/mol. The van der Waals surface area contributed by atoms with E-state index in [1.807, 2.05) is 24.3 Å². The van der Waals surface area contributed by atoms with Gasteiger partial charge in [-0.3, -0.25) is 4.79 Å². The van der Waals surface area contributed by atoms with Gasteiger partial charge in [0.15, 0.2) is 11.5 Å². The molecule has 0 aliphatic carbocycles. The molecule has 6 nitrogen and oxygen atoms in total. The summed E-state index contributed by atoms with van der Waals surface area (Å²) in [6.07, 6.45) is 1.36. The van der Waals surface area contributed by atoms with Crippen LogP contribution in [0.15, 0.2) is 83.0 Å². The molecule has 0 bridgehead atoms. The van der Waals surface area contributed by atoms with E-state index in [1.165, 1.54) is 13.2 Å². The molecule has 31 heavy (non-hydrogen) atoms. The Hall–Kier alpha value is -3.58. The number of carbonyl (C=O) groups excluding carboxylic acids is 1. The lowest BCUT2D eigenvalue weighted by molar-refractivity contribution is -0.132. The first-order valence-corrected chi connectivity index (χ1v) is 10.1. The van der Waals surface area contributed by atoms with E-state index >= 15 is 0 Å². The number of halogens is 1. The van der Waals surface area contributed by atoms with Crippen LogP contribution in [0.4, 0.5) is 0 Å². The second-order valence-electron chi connectivity index (χ2n) is 6.51. The molecule has 0 aliphatic rings. The van der Waals surface area contributed by atoms with Crippen LogP contribution in [0.5, 0.6) is 11.5 Å². The fourth-order valence-corrected chi connectivity index (χ4v) is 3.23. The van der Waals surface area contributed by atoms with Gasteiger partial charge in [-0.05, 0) is 53.6 Å². The third-order valence-corrected chi connectivity index (χ3v) is 4.79. The standard InChI is InChI=1S/C24H20BrNO5/c1-30-22-14-16(10-11-21(22)31-15-17-6-5-9-19(25)12-17)13-20(24(28)29)26-23(27)18-7-3-2-4-8-18/h2-14H,15H2,1H3,(H,26,27)(H,28,29). The van der Waals surface area contributed by atoms with Crippen LogP contribution in [0.2, 0.25) is 0 Å². The van der Waals surface area contributed by atoms with Crippen molar-refractivity contribution >= 4 is 33.9 Å². The first-order valence-electron chi connectivity index (χ1n) is 9.33. The summed E-state index contributed by atoms with van der Waals surface area (Å²) in [7, 11) is 1.50. The van der Waals surface area contributed by atoms with Gasteiger partial charge in [-0.15, -0.1) is 0 Å². The predicted octanol–water partition coefficient (Wildman–Crippen LogP) is 4.89. The van der Waals surface area contributed by atoms with Gasteiger partial charge >= 0.3 is 5.97 Å². The average Bonchev–Trinajstić information content (AvgIpc) is 2.78. The molecule has 158 valence electrons. The molecule has 0 aromatic heterocycles. The number of ether oxygens (including phenoxy) is 2. The van der Waals surface area contributed by atoms with Crippen LogP contribution in [0.3, 0.4) is 0 Å². The number of carboxylic acids is 1. The summed E-state index contributed by atoms with van der Waals surface area (Å²) in [6.45, 7) is 0.346. The molecule has 0 atom stereocenters. The highest BCUT2D eigenvalue weighted by molar-refractivity contribution is 9.10. The largest absolute Gasteiger partial charge is 0.493 e. The molecule has 0 radical (unpaired) electrons. The number of amides is 1. The molecule has 7 heteroatoms. The minimum absolute atomic E-state index is 0.251. The van der Waals surface area contributed by atoms with Crippen molar-refractivity contribution in [3.05, 3.63) is 99.7 Å². The average molecular weight is 482 g/mol. The highest BCUT2D eigenvalue weighted by Gasteiger charge is 2.14. The van der Waals surface area contributed by atoms with Gasteiger partial charge in [0.05, 0.1) is 7.11 Å². The molecule has 0 unspecified atom stereocenters. The Morgan fingerprint density at radius 2 is 1.77 bits per heavy atom. The number of hydrogen-bond donors (Lipinski definition) is 2. The maximum Gasteiger partial charge on any atom is 0.352 e. The Morgan fingerprint density at radius 1 is 1.00 bits per heavy atom. The van der Waals surface area contributed by atoms with Crippen molar-refractivity contribution < 1.29 is 24.2 Å². The number of aliphatic carboxylic acids is 1. The zero-order chi connectivity index (χ0) is 22.2. The van der Waals surface area contributed by atoms with Gasteiger partial charge in [-0.2, -0.15) is 0 Å². The second-order valence-corrected chi connectivity index (χ2v) is 7.43. The van der Waals surface area contributed by atoms with E-state index < -0.39 is 11.9 Å². The minimum Gasteiger partial charge on any atom is -0.493 e. The van der Waals surface area contributed by atoms with Crippen LogP contribution >= 0.6 is 15.9 Å². The summed E-state index contributed by atoms with van der Waals surface area (Å²) in [4.78, 5) is 23.9. The second kappa shape index (κ2) is 10.4. The summed E-state index contributed by atoms with van der Waals surface area (Å²) in [6, 6.07) is 21.2. The van der Waals surface area contributed by atoms with E-state index in [1.54, 1.807) is 48.5 Å². The van der Waals surface area contributed by atoms with Crippen LogP contribution in [-0.4, -0.2) is 24.1 Å². The molecule has 3 aromatic carbocycles. The van der Waals surface area contributed by atoms with Crippen LogP contribution in [-0.2, 0) is 11.4 Å². The van der Waals surface area contributed by atoms with Gasteiger partial charge in [0.1, 0.15) is 12.3 Å². The van der Waals surface area contributed by atoms with Gasteiger partial charge in [0.2, 0.25) is 0 Å². The highest BCUT2D eigenvalue weighted by Crippen LogP contribution is 2.30. The van der Waals surface area contributed by atoms with Gasteiger partial charge in [0, 0.05) is 10.0 Å². The number of hydrogen-bond acceptors (Lipinski definition) is 4. The maximum absolute atomic E-state index is 12.3. The molecule has 0 fully saturated rings. The first kappa shape index (κ1) is 22.1. The fourth-order valence-electron chi connectivity index (χ4n) is 2.78. The molecule has 0 spiro atoms. The van der Waals surface area contributed by atoms with E-state index in [0.29, 0.717) is 29.2 Å². The Labute approximate surface area is 188 Å². The summed E-state index contributed by atoms with van der Waals surface area (Å²) < 4.78 is 12.2. The van der Waals surface area contributed by atoms with Crippen LogP contribution < -0.4 is 14.8 Å². The Bertz CT molecular complexity index is 1110. The molecule has 0 saturated carbocycles. The molecule has 2 N–H and O–H groups in total.